The first-order chi connectivity index (χ1) is 14.4. The first-order valence-corrected chi connectivity index (χ1v) is 9.84. The number of nitrogens with one attached hydrogen (secondary N) is 1. The molecule has 0 aliphatic carbocycles. The highest BCUT2D eigenvalue weighted by Crippen LogP contribution is 2.33. The van der Waals surface area contributed by atoms with Gasteiger partial charge in [-0.05, 0) is 45.3 Å². The summed E-state index contributed by atoms with van der Waals surface area (Å²) in [4.78, 5) is 22.7. The number of phenols is 1. The molecule has 0 fully saturated rings. The fourth-order valence-corrected chi connectivity index (χ4v) is 3.36. The Morgan fingerprint density at radius 3 is 2.80 bits per heavy atom. The van der Waals surface area contributed by atoms with Gasteiger partial charge in [-0.15, -0.1) is 0 Å². The lowest BCUT2D eigenvalue weighted by Gasteiger charge is -2.17. The number of ether oxygens (including phenoxy) is 1. The van der Waals surface area contributed by atoms with Crippen LogP contribution >= 0.6 is 15.9 Å². The molecule has 0 spiro atoms. The van der Waals surface area contributed by atoms with Crippen LogP contribution in [-0.2, 0) is 4.79 Å². The second kappa shape index (κ2) is 9.36. The van der Waals surface area contributed by atoms with Gasteiger partial charge in [0.15, 0.2) is 6.10 Å². The molecule has 3 aromatic carbocycles. The third-order valence-corrected chi connectivity index (χ3v) is 5.18. The van der Waals surface area contributed by atoms with E-state index < -0.39 is 16.9 Å². The van der Waals surface area contributed by atoms with E-state index in [0.717, 1.165) is 27.5 Å². The molecule has 154 valence electrons. The van der Waals surface area contributed by atoms with Gasteiger partial charge in [-0.3, -0.25) is 14.9 Å². The number of fused-ring (bicyclic) bond motifs is 1. The summed E-state index contributed by atoms with van der Waals surface area (Å²) in [6.45, 7) is 1.80. The van der Waals surface area contributed by atoms with Crippen molar-refractivity contribution in [2.24, 2.45) is 5.10 Å². The van der Waals surface area contributed by atoms with E-state index in [-0.39, 0.29) is 17.0 Å². The highest BCUT2D eigenvalue weighted by molar-refractivity contribution is 9.10. The van der Waals surface area contributed by atoms with Gasteiger partial charge >= 0.3 is 0 Å². The predicted molar refractivity (Wildman–Crippen MR) is 117 cm³/mol. The van der Waals surface area contributed by atoms with Gasteiger partial charge in [0.05, 0.1) is 15.6 Å². The lowest BCUT2D eigenvalue weighted by molar-refractivity contribution is -0.384. The van der Waals surface area contributed by atoms with Gasteiger partial charge in [-0.2, -0.15) is 5.10 Å². The smallest absolute Gasteiger partial charge is 0.281 e. The predicted octanol–water partition coefficient (Wildman–Crippen LogP) is 4.52. The number of nitro groups is 1. The number of non-ortho nitro benzene ring substituents is 1. The molecular formula is C21H18BrN3O5. The molecule has 1 atom stereocenters. The van der Waals surface area contributed by atoms with E-state index in [1.165, 1.54) is 12.1 Å². The van der Waals surface area contributed by atoms with Gasteiger partial charge < -0.3 is 9.84 Å². The minimum absolute atomic E-state index is 0.107. The molecule has 1 amide bonds. The fourth-order valence-electron chi connectivity index (χ4n) is 2.78. The number of nitrogens with zero attached hydrogens (tertiary/aromatic N) is 2. The number of halogens is 1. The number of rotatable bonds is 7. The van der Waals surface area contributed by atoms with Crippen LogP contribution in [0, 0.1) is 10.1 Å². The molecule has 3 rings (SSSR count). The molecule has 0 saturated heterocycles. The molecule has 8 nitrogen and oxygen atoms in total. The zero-order valence-electron chi connectivity index (χ0n) is 15.9. The average Bonchev–Trinajstić information content (AvgIpc) is 2.74. The summed E-state index contributed by atoms with van der Waals surface area (Å²) in [6, 6.07) is 15.0. The lowest BCUT2D eigenvalue weighted by atomic mass is 10.1. The Morgan fingerprint density at radius 1 is 1.30 bits per heavy atom. The summed E-state index contributed by atoms with van der Waals surface area (Å²) in [5.74, 6) is -0.156. The molecule has 9 heteroatoms. The van der Waals surface area contributed by atoms with E-state index in [1.807, 2.05) is 30.3 Å². The number of phenolic OH excluding ortho intramolecular Hbond substituents is 1. The summed E-state index contributed by atoms with van der Waals surface area (Å²) in [7, 11) is 0. The molecular weight excluding hydrogens is 454 g/mol. The maximum Gasteiger partial charge on any atom is 0.281 e. The van der Waals surface area contributed by atoms with E-state index in [2.05, 4.69) is 26.5 Å². The van der Waals surface area contributed by atoms with Crippen LogP contribution in [0.5, 0.6) is 11.5 Å². The van der Waals surface area contributed by atoms with Crippen molar-refractivity contribution in [3.8, 4) is 11.5 Å². The second-order valence-electron chi connectivity index (χ2n) is 6.35. The number of hydrazone groups is 1. The van der Waals surface area contributed by atoms with Crippen LogP contribution in [0.2, 0.25) is 0 Å². The Balaban J connectivity index is 1.71. The molecule has 0 aliphatic heterocycles. The van der Waals surface area contributed by atoms with Gasteiger partial charge in [-0.25, -0.2) is 5.43 Å². The molecule has 0 bridgehead atoms. The van der Waals surface area contributed by atoms with E-state index in [1.54, 1.807) is 13.0 Å². The summed E-state index contributed by atoms with van der Waals surface area (Å²) in [6.07, 6.45) is 0.722. The Morgan fingerprint density at radius 2 is 2.07 bits per heavy atom. The zero-order valence-corrected chi connectivity index (χ0v) is 17.5. The van der Waals surface area contributed by atoms with Crippen molar-refractivity contribution in [2.75, 3.05) is 0 Å². The van der Waals surface area contributed by atoms with Gasteiger partial charge in [-0.1, -0.05) is 37.3 Å². The van der Waals surface area contributed by atoms with Crippen molar-refractivity contribution >= 4 is 44.5 Å². The quantitative estimate of drug-likeness (QED) is 0.298. The normalized spacial score (nSPS) is 12.1. The molecule has 3 aromatic rings. The summed E-state index contributed by atoms with van der Waals surface area (Å²) < 4.78 is 6.62. The third kappa shape index (κ3) is 4.74. The van der Waals surface area contributed by atoms with Crippen molar-refractivity contribution in [3.05, 3.63) is 74.7 Å². The SMILES string of the molecule is CC[C@H](Oc1ccc2ccccc2c1Br)C(=O)N/N=C\c1cc([N+](=O)[O-])ccc1O. The second-order valence-corrected chi connectivity index (χ2v) is 7.14. The van der Waals surface area contributed by atoms with Crippen molar-refractivity contribution in [2.45, 2.75) is 19.4 Å². The number of aromatic hydroxyl groups is 1. The molecule has 0 aromatic heterocycles. The molecule has 30 heavy (non-hydrogen) atoms. The number of benzene rings is 3. The molecule has 0 radical (unpaired) electrons. The number of nitro benzene ring substituents is 1. The van der Waals surface area contributed by atoms with E-state index in [0.29, 0.717) is 12.2 Å². The fraction of sp³-hybridized carbons (Fsp3) is 0.143. The highest BCUT2D eigenvalue weighted by atomic mass is 79.9. The topological polar surface area (TPSA) is 114 Å². The Labute approximate surface area is 180 Å². The van der Waals surface area contributed by atoms with Crippen molar-refractivity contribution < 1.29 is 19.6 Å². The Bertz CT molecular complexity index is 1130. The lowest BCUT2D eigenvalue weighted by Crippen LogP contribution is -2.35. The summed E-state index contributed by atoms with van der Waals surface area (Å²) in [5, 5.41) is 26.4. The largest absolute Gasteiger partial charge is 0.507 e. The van der Waals surface area contributed by atoms with Crippen LogP contribution < -0.4 is 10.2 Å². The molecule has 0 saturated carbocycles. The van der Waals surface area contributed by atoms with E-state index >= 15 is 0 Å². The summed E-state index contributed by atoms with van der Waals surface area (Å²) in [5.41, 5.74) is 2.25. The maximum atomic E-state index is 12.5. The Hall–Kier alpha value is -3.46. The number of carbonyl (C=O) groups excluding carboxylic acids is 1. The maximum absolute atomic E-state index is 12.5. The van der Waals surface area contributed by atoms with Crippen LogP contribution in [0.4, 0.5) is 5.69 Å². The number of carbonyl (C=O) groups is 1. The minimum Gasteiger partial charge on any atom is -0.507 e. The van der Waals surface area contributed by atoms with Gasteiger partial charge in [0, 0.05) is 17.7 Å². The average molecular weight is 472 g/mol. The van der Waals surface area contributed by atoms with Crippen molar-refractivity contribution in [1.29, 1.82) is 0 Å². The number of amides is 1. The molecule has 0 aliphatic rings. The van der Waals surface area contributed by atoms with Gasteiger partial charge in [0.25, 0.3) is 11.6 Å². The molecule has 2 N–H and O–H groups in total. The molecule has 0 heterocycles. The van der Waals surface area contributed by atoms with Crippen LogP contribution in [0.3, 0.4) is 0 Å². The van der Waals surface area contributed by atoms with E-state index in [4.69, 9.17) is 4.74 Å². The van der Waals surface area contributed by atoms with Crippen LogP contribution in [0.1, 0.15) is 18.9 Å². The monoisotopic (exact) mass is 471 g/mol. The first-order valence-electron chi connectivity index (χ1n) is 9.05. The third-order valence-electron chi connectivity index (χ3n) is 4.36. The number of hydrogen-bond acceptors (Lipinski definition) is 6. The summed E-state index contributed by atoms with van der Waals surface area (Å²) >= 11 is 3.53. The van der Waals surface area contributed by atoms with Crippen molar-refractivity contribution in [1.82, 2.24) is 5.43 Å². The highest BCUT2D eigenvalue weighted by Gasteiger charge is 2.20. The number of hydrogen-bond donors (Lipinski definition) is 2. The van der Waals surface area contributed by atoms with Gasteiger partial charge in [0.1, 0.15) is 11.5 Å². The van der Waals surface area contributed by atoms with Crippen LogP contribution in [-0.4, -0.2) is 28.3 Å². The Kier molecular flexibility index (Phi) is 6.63. The van der Waals surface area contributed by atoms with Crippen molar-refractivity contribution in [3.63, 3.8) is 0 Å². The minimum atomic E-state index is -0.807. The zero-order chi connectivity index (χ0) is 21.7. The molecule has 0 unspecified atom stereocenters. The van der Waals surface area contributed by atoms with E-state index in [9.17, 15) is 20.0 Å². The van der Waals surface area contributed by atoms with Crippen LogP contribution in [0.15, 0.2) is 64.2 Å². The first kappa shape index (κ1) is 21.3. The van der Waals surface area contributed by atoms with Crippen LogP contribution in [0.25, 0.3) is 10.8 Å². The van der Waals surface area contributed by atoms with Gasteiger partial charge in [0.2, 0.25) is 0 Å². The standard InChI is InChI=1S/C21H18BrN3O5/c1-2-18(30-19-10-7-13-5-3-4-6-16(13)20(19)22)21(27)24-23-12-14-11-15(25(28)29)8-9-17(14)26/h3-12,18,26H,2H2,1H3,(H,24,27)/b23-12-/t18-/m0/s1.